The van der Waals surface area contributed by atoms with Gasteiger partial charge in [0.1, 0.15) is 10.1 Å². The van der Waals surface area contributed by atoms with E-state index in [-0.39, 0.29) is 59.9 Å². The van der Waals surface area contributed by atoms with Crippen molar-refractivity contribution in [2.45, 2.75) is 118 Å². The summed E-state index contributed by atoms with van der Waals surface area (Å²) in [5.41, 5.74) is 1.48. The summed E-state index contributed by atoms with van der Waals surface area (Å²) < 4.78 is 63.0. The average Bonchev–Trinajstić information content (AvgIpc) is 3.90. The molecule has 6 saturated heterocycles. The van der Waals surface area contributed by atoms with Crippen molar-refractivity contribution in [3.63, 3.8) is 0 Å². The van der Waals surface area contributed by atoms with Crippen LogP contribution in [-0.4, -0.2) is 55.6 Å². The van der Waals surface area contributed by atoms with Crippen molar-refractivity contribution >= 4 is 26.9 Å². The second kappa shape index (κ2) is 10.6. The first-order chi connectivity index (χ1) is 21.8. The van der Waals surface area contributed by atoms with Gasteiger partial charge in [-0.1, -0.05) is 48.5 Å². The van der Waals surface area contributed by atoms with Crippen molar-refractivity contribution in [1.29, 1.82) is 0 Å². The Morgan fingerprint density at radius 3 is 1.73 bits per heavy atom. The second-order valence-electron chi connectivity index (χ2n) is 14.1. The van der Waals surface area contributed by atoms with E-state index in [0.29, 0.717) is 5.56 Å². The first kappa shape index (κ1) is 28.4. The van der Waals surface area contributed by atoms with Crippen molar-refractivity contribution in [3.05, 3.63) is 82.4 Å². The SMILES string of the molecule is O=C(OC(c1ccc2ccccc2c1)S(=O)(=O)[O-])c1c(C2CC3CCC2O3)cc(C2CC3CCC2O3)cc1C1CC2CCC1O2. The Balaban J connectivity index is 1.17. The molecule has 6 aliphatic heterocycles. The minimum Gasteiger partial charge on any atom is -0.745 e. The van der Waals surface area contributed by atoms with Gasteiger partial charge in [0.15, 0.2) is 0 Å². The van der Waals surface area contributed by atoms with Gasteiger partial charge in [0.25, 0.3) is 0 Å². The van der Waals surface area contributed by atoms with Gasteiger partial charge in [-0.25, -0.2) is 13.2 Å². The zero-order chi connectivity index (χ0) is 30.4. The molecule has 0 saturated carbocycles. The van der Waals surface area contributed by atoms with Gasteiger partial charge in [0.05, 0.1) is 42.2 Å². The molecule has 0 radical (unpaired) electrons. The molecular weight excluding hydrogens is 592 g/mol. The van der Waals surface area contributed by atoms with E-state index in [1.807, 2.05) is 24.3 Å². The number of fused-ring (bicyclic) bond motifs is 7. The fraction of sp³-hybridized carbons (Fsp3) is 0.528. The number of hydrogen-bond donors (Lipinski definition) is 0. The van der Waals surface area contributed by atoms with Crippen LogP contribution >= 0.6 is 0 Å². The number of hydrogen-bond acceptors (Lipinski definition) is 8. The van der Waals surface area contributed by atoms with Crippen LogP contribution in [0, 0.1) is 0 Å². The van der Waals surface area contributed by atoms with Crippen LogP contribution < -0.4 is 0 Å². The smallest absolute Gasteiger partial charge is 0.340 e. The summed E-state index contributed by atoms with van der Waals surface area (Å²) in [4.78, 5) is 14.5. The summed E-state index contributed by atoms with van der Waals surface area (Å²) in [7, 11) is -5.06. The molecule has 6 aliphatic rings. The van der Waals surface area contributed by atoms with Crippen molar-refractivity contribution in [1.82, 2.24) is 0 Å². The number of carbonyl (C=O) groups excluding carboxylic acids is 1. The minimum atomic E-state index is -5.06. The molecule has 45 heavy (non-hydrogen) atoms. The van der Waals surface area contributed by atoms with Crippen LogP contribution in [0.2, 0.25) is 0 Å². The summed E-state index contributed by atoms with van der Waals surface area (Å²) in [6.07, 6.45) is 9.31. The molecule has 9 rings (SSSR count). The Morgan fingerprint density at radius 1 is 0.711 bits per heavy atom. The van der Waals surface area contributed by atoms with E-state index in [1.54, 1.807) is 18.2 Å². The number of carbonyl (C=O) groups is 1. The van der Waals surface area contributed by atoms with Gasteiger partial charge in [-0.05, 0) is 91.3 Å². The second-order valence-corrected chi connectivity index (χ2v) is 15.5. The van der Waals surface area contributed by atoms with Crippen LogP contribution in [0.3, 0.4) is 0 Å². The van der Waals surface area contributed by atoms with Crippen LogP contribution in [-0.2, 0) is 29.1 Å². The zero-order valence-electron chi connectivity index (χ0n) is 25.0. The van der Waals surface area contributed by atoms with Crippen LogP contribution in [0.15, 0.2) is 54.6 Å². The summed E-state index contributed by atoms with van der Waals surface area (Å²) >= 11 is 0. The van der Waals surface area contributed by atoms with E-state index < -0.39 is 21.5 Å². The van der Waals surface area contributed by atoms with Gasteiger partial charge in [-0.2, -0.15) is 0 Å². The Labute approximate surface area is 263 Å². The number of benzene rings is 3. The Kier molecular flexibility index (Phi) is 6.69. The molecule has 0 aliphatic carbocycles. The highest BCUT2D eigenvalue weighted by molar-refractivity contribution is 7.85. The van der Waals surface area contributed by atoms with E-state index in [9.17, 15) is 17.8 Å². The maximum Gasteiger partial charge on any atom is 0.340 e. The molecule has 0 N–H and O–H groups in total. The maximum absolute atomic E-state index is 14.5. The zero-order valence-corrected chi connectivity index (χ0v) is 25.8. The third-order valence-corrected chi connectivity index (χ3v) is 12.4. The number of ether oxygens (including phenoxy) is 4. The lowest BCUT2D eigenvalue weighted by atomic mass is 9.73. The van der Waals surface area contributed by atoms with Crippen LogP contribution in [0.4, 0.5) is 0 Å². The standard InChI is InChI=1S/C36H38O8S/c37-35(44-36(45(38,39)40)21-6-5-19-3-1-2-4-20(19)13-21)34-29(27-17-24-8-11-32(27)42-24)14-22(26-16-23-7-10-31(26)41-23)15-30(34)28-18-25-9-12-33(28)43-25/h1-6,13-15,23-28,31-33,36H,7-12,16-18H2,(H,38,39,40)/p-1. The molecule has 0 amide bonds. The quantitative estimate of drug-likeness (QED) is 0.220. The van der Waals surface area contributed by atoms with Crippen molar-refractivity contribution in [2.24, 2.45) is 0 Å². The largest absolute Gasteiger partial charge is 0.745 e. The summed E-state index contributed by atoms with van der Waals surface area (Å²) in [6.45, 7) is 0. The molecule has 6 heterocycles. The van der Waals surface area contributed by atoms with Gasteiger partial charge in [0, 0.05) is 23.3 Å². The molecule has 10 unspecified atom stereocenters. The van der Waals surface area contributed by atoms with Crippen molar-refractivity contribution in [2.75, 3.05) is 0 Å². The highest BCUT2D eigenvalue weighted by Crippen LogP contribution is 2.52. The van der Waals surface area contributed by atoms with Crippen LogP contribution in [0.1, 0.15) is 114 Å². The summed E-state index contributed by atoms with van der Waals surface area (Å²) in [6, 6.07) is 16.7. The first-order valence-electron chi connectivity index (χ1n) is 16.6. The lowest BCUT2D eigenvalue weighted by Gasteiger charge is -2.31. The van der Waals surface area contributed by atoms with Crippen LogP contribution in [0.5, 0.6) is 0 Å². The Morgan fingerprint density at radius 2 is 1.24 bits per heavy atom. The molecule has 6 bridgehead atoms. The molecule has 3 aromatic carbocycles. The molecular formula is C36H37O8S-. The van der Waals surface area contributed by atoms with Gasteiger partial charge in [0.2, 0.25) is 5.44 Å². The molecule has 8 nitrogen and oxygen atoms in total. The van der Waals surface area contributed by atoms with E-state index in [0.717, 1.165) is 79.7 Å². The third kappa shape index (κ3) is 4.85. The highest BCUT2D eigenvalue weighted by atomic mass is 32.2. The molecule has 0 aromatic heterocycles. The average molecular weight is 630 g/mol. The molecule has 6 fully saturated rings. The number of esters is 1. The fourth-order valence-electron chi connectivity index (χ4n) is 9.47. The van der Waals surface area contributed by atoms with E-state index >= 15 is 0 Å². The first-order valence-corrected chi connectivity index (χ1v) is 18.0. The number of rotatable bonds is 7. The predicted octanol–water partition coefficient (Wildman–Crippen LogP) is 6.35. The lowest BCUT2D eigenvalue weighted by molar-refractivity contribution is 0.0420. The molecule has 236 valence electrons. The minimum absolute atomic E-state index is 0.00302. The van der Waals surface area contributed by atoms with Gasteiger partial charge < -0.3 is 23.5 Å². The van der Waals surface area contributed by atoms with Crippen molar-refractivity contribution in [3.8, 4) is 0 Å². The van der Waals surface area contributed by atoms with Gasteiger partial charge in [-0.15, -0.1) is 0 Å². The molecule has 3 aromatic rings. The fourth-order valence-corrected chi connectivity index (χ4v) is 10.2. The van der Waals surface area contributed by atoms with E-state index in [4.69, 9.17) is 18.9 Å². The lowest BCUT2D eigenvalue weighted by Crippen LogP contribution is -2.27. The molecule has 0 spiro atoms. The van der Waals surface area contributed by atoms with Crippen molar-refractivity contribution < 1.29 is 36.7 Å². The predicted molar refractivity (Wildman–Crippen MR) is 164 cm³/mol. The maximum atomic E-state index is 14.5. The van der Waals surface area contributed by atoms with Gasteiger partial charge >= 0.3 is 5.97 Å². The van der Waals surface area contributed by atoms with E-state index in [2.05, 4.69) is 12.1 Å². The molecule has 10 atom stereocenters. The highest BCUT2D eigenvalue weighted by Gasteiger charge is 2.48. The normalized spacial score (nSPS) is 35.4. The van der Waals surface area contributed by atoms with Gasteiger partial charge in [-0.3, -0.25) is 0 Å². The topological polar surface area (TPSA) is 111 Å². The summed E-state index contributed by atoms with van der Waals surface area (Å²) in [5, 5.41) is 1.66. The monoisotopic (exact) mass is 629 g/mol. The van der Waals surface area contributed by atoms with E-state index in [1.165, 1.54) is 5.56 Å². The molecule has 9 heteroatoms. The Bertz CT molecular complexity index is 1740. The summed E-state index contributed by atoms with van der Waals surface area (Å²) in [5.74, 6) is -0.532. The Hall–Kier alpha value is -2.82. The third-order valence-electron chi connectivity index (χ3n) is 11.5. The van der Waals surface area contributed by atoms with Crippen LogP contribution in [0.25, 0.3) is 10.8 Å².